The zero-order valence-corrected chi connectivity index (χ0v) is 12.5. The first-order chi connectivity index (χ1) is 8.53. The molecule has 0 saturated heterocycles. The van der Waals surface area contributed by atoms with Gasteiger partial charge in [0.2, 0.25) is 0 Å². The highest BCUT2D eigenvalue weighted by atomic mass is 14.9. The minimum Gasteiger partial charge on any atom is -0.310 e. The lowest BCUT2D eigenvalue weighted by molar-refractivity contribution is 0.343. The van der Waals surface area contributed by atoms with Crippen molar-refractivity contribution in [2.75, 3.05) is 6.54 Å². The third kappa shape index (κ3) is 6.20. The third-order valence-corrected chi connectivity index (χ3v) is 3.26. The molecule has 1 heteroatoms. The van der Waals surface area contributed by atoms with Gasteiger partial charge in [0.15, 0.2) is 0 Å². The quantitative estimate of drug-likeness (QED) is 0.719. The number of hydrogen-bond donors (Lipinski definition) is 1. The highest BCUT2D eigenvalue weighted by Gasteiger charge is 2.13. The Morgan fingerprint density at radius 1 is 1.11 bits per heavy atom. The fourth-order valence-electron chi connectivity index (χ4n) is 2.23. The predicted octanol–water partition coefficient (Wildman–Crippen LogP) is 4.94. The first kappa shape index (κ1) is 15.2. The summed E-state index contributed by atoms with van der Waals surface area (Å²) >= 11 is 0. The summed E-state index contributed by atoms with van der Waals surface area (Å²) in [6.45, 7) is 10.3. The SMILES string of the molecule is CCCNC(CCCC(C)(C)C)c1ccccc1. The second-order valence-electron chi connectivity index (χ2n) is 6.37. The Morgan fingerprint density at radius 3 is 2.33 bits per heavy atom. The van der Waals surface area contributed by atoms with Gasteiger partial charge >= 0.3 is 0 Å². The zero-order valence-electron chi connectivity index (χ0n) is 12.5. The molecule has 0 radical (unpaired) electrons. The van der Waals surface area contributed by atoms with Gasteiger partial charge in [0, 0.05) is 6.04 Å². The van der Waals surface area contributed by atoms with Crippen LogP contribution in [0.4, 0.5) is 0 Å². The second kappa shape index (κ2) is 7.58. The van der Waals surface area contributed by atoms with Gasteiger partial charge in [0.1, 0.15) is 0 Å². The summed E-state index contributed by atoms with van der Waals surface area (Å²) in [5.74, 6) is 0. The molecule has 1 atom stereocenters. The molecule has 102 valence electrons. The molecule has 1 aromatic carbocycles. The Balaban J connectivity index is 2.51. The molecule has 1 N–H and O–H groups in total. The molecule has 0 heterocycles. The minimum absolute atomic E-state index is 0.450. The molecule has 0 aliphatic rings. The maximum absolute atomic E-state index is 3.67. The molecule has 1 unspecified atom stereocenters. The molecule has 0 aliphatic carbocycles. The first-order valence-electron chi connectivity index (χ1n) is 7.31. The van der Waals surface area contributed by atoms with Crippen LogP contribution in [0.5, 0.6) is 0 Å². The number of benzene rings is 1. The van der Waals surface area contributed by atoms with Crippen LogP contribution in [0.3, 0.4) is 0 Å². The Hall–Kier alpha value is -0.820. The molecule has 0 bridgehead atoms. The number of hydrogen-bond acceptors (Lipinski definition) is 1. The monoisotopic (exact) mass is 247 g/mol. The molecule has 1 rings (SSSR count). The lowest BCUT2D eigenvalue weighted by atomic mass is 9.88. The molecule has 1 nitrogen and oxygen atoms in total. The van der Waals surface area contributed by atoms with Gasteiger partial charge in [0.25, 0.3) is 0 Å². The van der Waals surface area contributed by atoms with Crippen molar-refractivity contribution in [1.29, 1.82) is 0 Å². The normalized spacial score (nSPS) is 13.6. The molecule has 0 amide bonds. The van der Waals surface area contributed by atoms with Crippen LogP contribution in [-0.4, -0.2) is 6.54 Å². The van der Waals surface area contributed by atoms with E-state index in [1.54, 1.807) is 0 Å². The Bertz CT molecular complexity index is 310. The topological polar surface area (TPSA) is 12.0 Å². The Labute approximate surface area is 113 Å². The number of rotatable bonds is 7. The van der Waals surface area contributed by atoms with Crippen molar-refractivity contribution < 1.29 is 0 Å². The summed E-state index contributed by atoms with van der Waals surface area (Å²) in [4.78, 5) is 0. The molecule has 0 aliphatic heterocycles. The van der Waals surface area contributed by atoms with Crippen LogP contribution in [0.1, 0.15) is 65.0 Å². The van der Waals surface area contributed by atoms with E-state index in [9.17, 15) is 0 Å². The fourth-order valence-corrected chi connectivity index (χ4v) is 2.23. The number of nitrogens with one attached hydrogen (secondary N) is 1. The van der Waals surface area contributed by atoms with Crippen molar-refractivity contribution in [3.05, 3.63) is 35.9 Å². The van der Waals surface area contributed by atoms with E-state index in [1.165, 1.54) is 31.2 Å². The van der Waals surface area contributed by atoms with Gasteiger partial charge in [-0.1, -0.05) is 64.4 Å². The van der Waals surface area contributed by atoms with E-state index < -0.39 is 0 Å². The molecule has 1 aromatic rings. The largest absolute Gasteiger partial charge is 0.310 e. The van der Waals surface area contributed by atoms with E-state index in [0.29, 0.717) is 11.5 Å². The summed E-state index contributed by atoms with van der Waals surface area (Å²) in [6, 6.07) is 11.4. The molecule has 0 aromatic heterocycles. The Morgan fingerprint density at radius 2 is 1.78 bits per heavy atom. The van der Waals surface area contributed by atoms with Gasteiger partial charge in [0.05, 0.1) is 0 Å². The first-order valence-corrected chi connectivity index (χ1v) is 7.31. The molecule has 18 heavy (non-hydrogen) atoms. The molecular formula is C17H29N. The minimum atomic E-state index is 0.450. The predicted molar refractivity (Wildman–Crippen MR) is 80.8 cm³/mol. The van der Waals surface area contributed by atoms with Crippen molar-refractivity contribution in [2.45, 2.75) is 59.4 Å². The average molecular weight is 247 g/mol. The summed E-state index contributed by atoms with van der Waals surface area (Å²) in [5.41, 5.74) is 1.88. The molecular weight excluding hydrogens is 218 g/mol. The van der Waals surface area contributed by atoms with Crippen LogP contribution >= 0.6 is 0 Å². The highest BCUT2D eigenvalue weighted by molar-refractivity contribution is 5.18. The van der Waals surface area contributed by atoms with Gasteiger partial charge in [-0.3, -0.25) is 0 Å². The van der Waals surface area contributed by atoms with Crippen LogP contribution in [-0.2, 0) is 0 Å². The molecule has 0 saturated carbocycles. The van der Waals surface area contributed by atoms with E-state index in [-0.39, 0.29) is 0 Å². The second-order valence-corrected chi connectivity index (χ2v) is 6.37. The zero-order chi connectivity index (χ0) is 13.4. The summed E-state index contributed by atoms with van der Waals surface area (Å²) in [6.07, 6.45) is 5.02. The van der Waals surface area contributed by atoms with Crippen LogP contribution in [0.2, 0.25) is 0 Å². The van der Waals surface area contributed by atoms with Crippen LogP contribution in [0, 0.1) is 5.41 Å². The summed E-state index contributed by atoms with van der Waals surface area (Å²) in [7, 11) is 0. The van der Waals surface area contributed by atoms with E-state index in [4.69, 9.17) is 0 Å². The van der Waals surface area contributed by atoms with Crippen molar-refractivity contribution in [3.8, 4) is 0 Å². The van der Waals surface area contributed by atoms with Crippen LogP contribution in [0.25, 0.3) is 0 Å². The van der Waals surface area contributed by atoms with E-state index >= 15 is 0 Å². The summed E-state index contributed by atoms with van der Waals surface area (Å²) < 4.78 is 0. The van der Waals surface area contributed by atoms with Crippen molar-refractivity contribution >= 4 is 0 Å². The van der Waals surface area contributed by atoms with Gasteiger partial charge in [-0.25, -0.2) is 0 Å². The highest BCUT2D eigenvalue weighted by Crippen LogP contribution is 2.26. The maximum atomic E-state index is 3.67. The van der Waals surface area contributed by atoms with Gasteiger partial charge < -0.3 is 5.32 Å². The van der Waals surface area contributed by atoms with E-state index in [0.717, 1.165) is 6.54 Å². The van der Waals surface area contributed by atoms with Crippen molar-refractivity contribution in [3.63, 3.8) is 0 Å². The van der Waals surface area contributed by atoms with Crippen LogP contribution < -0.4 is 5.32 Å². The lowest BCUT2D eigenvalue weighted by Gasteiger charge is -2.22. The van der Waals surface area contributed by atoms with Gasteiger partial charge in [-0.15, -0.1) is 0 Å². The fraction of sp³-hybridized carbons (Fsp3) is 0.647. The van der Waals surface area contributed by atoms with Gasteiger partial charge in [-0.2, -0.15) is 0 Å². The van der Waals surface area contributed by atoms with Crippen molar-refractivity contribution in [1.82, 2.24) is 5.32 Å². The molecule has 0 fully saturated rings. The standard InChI is InChI=1S/C17H29N/c1-5-14-18-16(12-9-13-17(2,3)4)15-10-7-6-8-11-15/h6-8,10-11,16,18H,5,9,12-14H2,1-4H3. The third-order valence-electron chi connectivity index (χ3n) is 3.26. The lowest BCUT2D eigenvalue weighted by Crippen LogP contribution is -2.22. The smallest absolute Gasteiger partial charge is 0.0320 e. The average Bonchev–Trinajstić information content (AvgIpc) is 2.33. The van der Waals surface area contributed by atoms with Crippen molar-refractivity contribution in [2.24, 2.45) is 5.41 Å². The summed E-state index contributed by atoms with van der Waals surface area (Å²) in [5, 5.41) is 3.67. The van der Waals surface area contributed by atoms with Gasteiger partial charge in [-0.05, 0) is 36.8 Å². The maximum Gasteiger partial charge on any atom is 0.0320 e. The van der Waals surface area contributed by atoms with E-state index in [2.05, 4.69) is 63.3 Å². The van der Waals surface area contributed by atoms with E-state index in [1.807, 2.05) is 0 Å². The Kier molecular flexibility index (Phi) is 6.42. The van der Waals surface area contributed by atoms with Crippen LogP contribution in [0.15, 0.2) is 30.3 Å². The molecule has 0 spiro atoms.